The van der Waals surface area contributed by atoms with Crippen molar-refractivity contribution in [2.45, 2.75) is 6.92 Å². The zero-order chi connectivity index (χ0) is 8.27. The van der Waals surface area contributed by atoms with E-state index in [1.54, 1.807) is 0 Å². The van der Waals surface area contributed by atoms with Crippen LogP contribution in [0.4, 0.5) is 0 Å². The van der Waals surface area contributed by atoms with Crippen molar-refractivity contribution in [1.82, 2.24) is 0 Å². The zero-order valence-electron chi connectivity index (χ0n) is 6.14. The third kappa shape index (κ3) is 2.74. The Labute approximate surface area is 94.4 Å². The van der Waals surface area contributed by atoms with E-state index in [2.05, 4.69) is 82.4 Å². The van der Waals surface area contributed by atoms with Gasteiger partial charge in [0.25, 0.3) is 0 Å². The molecule has 0 aliphatic rings. The summed E-state index contributed by atoms with van der Waals surface area (Å²) in [6, 6.07) is 8.53. The van der Waals surface area contributed by atoms with Crippen LogP contribution in [0.5, 0.6) is 0 Å². The van der Waals surface area contributed by atoms with Gasteiger partial charge in [-0.2, -0.15) is 0 Å². The summed E-state index contributed by atoms with van der Waals surface area (Å²) in [5.41, 5.74) is 1.30. The van der Waals surface area contributed by atoms with Crippen LogP contribution in [0.2, 0.25) is 0 Å². The molecule has 1 rings (SSSR count). The summed E-state index contributed by atoms with van der Waals surface area (Å²) in [6.45, 7) is 2.06. The molecule has 0 unspecified atom stereocenters. The van der Waals surface area contributed by atoms with Gasteiger partial charge in [0.15, 0.2) is 0 Å². The second-order valence-electron chi connectivity index (χ2n) is 2.14. The number of benzene rings is 1. The lowest BCUT2D eigenvalue weighted by molar-refractivity contribution is 1.60. The molecule has 0 radical (unpaired) electrons. The topological polar surface area (TPSA) is 0 Å². The average molecular weight is 370 g/mol. The summed E-state index contributed by atoms with van der Waals surface area (Å²) in [5, 5.41) is 0. The largest absolute Gasteiger partial charge is 0.0736 e. The van der Waals surface area contributed by atoms with E-state index in [0.29, 0.717) is 0 Å². The molecule has 0 atom stereocenters. The first-order valence-corrected chi connectivity index (χ1v) is 5.47. The van der Waals surface area contributed by atoms with Crippen LogP contribution in [-0.2, 0) is 0 Å². The molecule has 58 valence electrons. The highest BCUT2D eigenvalue weighted by molar-refractivity contribution is 14.1. The third-order valence-electron chi connectivity index (χ3n) is 1.37. The molecular formula is C9H8I2. The molecule has 2 heteroatoms. The highest BCUT2D eigenvalue weighted by Crippen LogP contribution is 2.21. The van der Waals surface area contributed by atoms with Crippen molar-refractivity contribution in [2.24, 2.45) is 0 Å². The average Bonchev–Trinajstić information content (AvgIpc) is 2.05. The minimum atomic E-state index is 1.28. The van der Waals surface area contributed by atoms with Gasteiger partial charge in [0.1, 0.15) is 0 Å². The lowest BCUT2D eigenvalue weighted by Gasteiger charge is -1.97. The summed E-state index contributed by atoms with van der Waals surface area (Å²) < 4.78 is 2.59. The second kappa shape index (κ2) is 4.45. The van der Waals surface area contributed by atoms with E-state index in [0.717, 1.165) is 0 Å². The van der Waals surface area contributed by atoms with Gasteiger partial charge in [-0.05, 0) is 69.8 Å². The smallest absolute Gasteiger partial charge is 0.0160 e. The Balaban J connectivity index is 2.99. The molecule has 0 heterocycles. The van der Waals surface area contributed by atoms with Gasteiger partial charge in [0.2, 0.25) is 0 Å². The summed E-state index contributed by atoms with van der Waals surface area (Å²) in [7, 11) is 0. The summed E-state index contributed by atoms with van der Waals surface area (Å²) >= 11 is 4.65. The molecular weight excluding hydrogens is 362 g/mol. The van der Waals surface area contributed by atoms with Crippen molar-refractivity contribution in [1.29, 1.82) is 0 Å². The lowest BCUT2D eigenvalue weighted by Crippen LogP contribution is -1.75. The fraction of sp³-hybridized carbons (Fsp3) is 0.111. The fourth-order valence-corrected chi connectivity index (χ4v) is 1.49. The number of halogens is 2. The second-order valence-corrected chi connectivity index (χ2v) is 4.55. The van der Waals surface area contributed by atoms with E-state index in [9.17, 15) is 0 Å². The van der Waals surface area contributed by atoms with Crippen LogP contribution >= 0.6 is 45.2 Å². The van der Waals surface area contributed by atoms with E-state index in [4.69, 9.17) is 0 Å². The zero-order valence-corrected chi connectivity index (χ0v) is 10.5. The minimum Gasteiger partial charge on any atom is -0.0736 e. The maximum atomic E-state index is 2.34. The predicted octanol–water partition coefficient (Wildman–Crippen LogP) is 4.09. The molecule has 0 N–H and O–H groups in total. The van der Waals surface area contributed by atoms with Crippen LogP contribution in [0.15, 0.2) is 30.3 Å². The molecule has 0 amide bonds. The van der Waals surface area contributed by atoms with Crippen LogP contribution in [0, 0.1) is 3.57 Å². The lowest BCUT2D eigenvalue weighted by atomic mass is 10.2. The van der Waals surface area contributed by atoms with Gasteiger partial charge in [-0.25, -0.2) is 0 Å². The van der Waals surface area contributed by atoms with Crippen LogP contribution in [0.25, 0.3) is 3.58 Å². The van der Waals surface area contributed by atoms with Crippen molar-refractivity contribution in [2.75, 3.05) is 0 Å². The first kappa shape index (κ1) is 9.51. The van der Waals surface area contributed by atoms with Crippen LogP contribution in [-0.4, -0.2) is 0 Å². The molecule has 0 saturated carbocycles. The maximum Gasteiger partial charge on any atom is 0.0160 e. The van der Waals surface area contributed by atoms with E-state index in [1.807, 2.05) is 0 Å². The van der Waals surface area contributed by atoms with Gasteiger partial charge in [-0.1, -0.05) is 18.2 Å². The Morgan fingerprint density at radius 1 is 1.27 bits per heavy atom. The molecule has 0 aromatic heterocycles. The summed E-state index contributed by atoms with van der Waals surface area (Å²) in [6.07, 6.45) is 2.11. The first-order chi connectivity index (χ1) is 5.24. The molecule has 0 fully saturated rings. The number of hydrogen-bond acceptors (Lipinski definition) is 0. The molecule has 0 saturated heterocycles. The quantitative estimate of drug-likeness (QED) is 0.654. The van der Waals surface area contributed by atoms with E-state index in [1.165, 1.54) is 12.7 Å². The normalized spacial score (nSPS) is 11.7. The first-order valence-electron chi connectivity index (χ1n) is 3.32. The van der Waals surface area contributed by atoms with E-state index in [-0.39, 0.29) is 0 Å². The number of allylic oxidation sites excluding steroid dienone is 1. The molecule has 0 aliphatic heterocycles. The highest BCUT2D eigenvalue weighted by atomic mass is 127. The highest BCUT2D eigenvalue weighted by Gasteiger charge is 1.93. The summed E-state index contributed by atoms with van der Waals surface area (Å²) in [4.78, 5) is 0. The van der Waals surface area contributed by atoms with Gasteiger partial charge in [0.05, 0.1) is 0 Å². The SMILES string of the molecule is C/C=C(\I)c1ccc(I)cc1. The summed E-state index contributed by atoms with van der Waals surface area (Å²) in [5.74, 6) is 0. The maximum absolute atomic E-state index is 2.34. The van der Waals surface area contributed by atoms with Gasteiger partial charge in [0, 0.05) is 7.15 Å². The van der Waals surface area contributed by atoms with Crippen LogP contribution in [0.1, 0.15) is 12.5 Å². The van der Waals surface area contributed by atoms with Crippen molar-refractivity contribution >= 4 is 48.8 Å². The van der Waals surface area contributed by atoms with Gasteiger partial charge in [-0.15, -0.1) is 0 Å². The Hall–Kier alpha value is 0.420. The minimum absolute atomic E-state index is 1.28. The Bertz CT molecular complexity index is 259. The number of rotatable bonds is 1. The van der Waals surface area contributed by atoms with E-state index < -0.39 is 0 Å². The van der Waals surface area contributed by atoms with E-state index >= 15 is 0 Å². The molecule has 0 bridgehead atoms. The monoisotopic (exact) mass is 370 g/mol. The Morgan fingerprint density at radius 2 is 1.82 bits per heavy atom. The standard InChI is InChI=1S/C9H8I2/c1-2-9(11)7-3-5-8(10)6-4-7/h2-6H,1H3/b9-2-. The Morgan fingerprint density at radius 3 is 2.27 bits per heavy atom. The molecule has 0 nitrogen and oxygen atoms in total. The molecule has 0 aliphatic carbocycles. The Kier molecular flexibility index (Phi) is 3.84. The molecule has 0 spiro atoms. The van der Waals surface area contributed by atoms with Crippen molar-refractivity contribution in [3.05, 3.63) is 39.5 Å². The molecule has 11 heavy (non-hydrogen) atoms. The van der Waals surface area contributed by atoms with Crippen LogP contribution < -0.4 is 0 Å². The number of hydrogen-bond donors (Lipinski definition) is 0. The van der Waals surface area contributed by atoms with Crippen LogP contribution in [0.3, 0.4) is 0 Å². The van der Waals surface area contributed by atoms with Gasteiger partial charge < -0.3 is 0 Å². The fourth-order valence-electron chi connectivity index (χ4n) is 0.776. The van der Waals surface area contributed by atoms with Gasteiger partial charge in [-0.3, -0.25) is 0 Å². The third-order valence-corrected chi connectivity index (χ3v) is 3.34. The van der Waals surface area contributed by atoms with Gasteiger partial charge >= 0.3 is 0 Å². The molecule has 1 aromatic rings. The van der Waals surface area contributed by atoms with Crippen molar-refractivity contribution < 1.29 is 0 Å². The molecule has 1 aromatic carbocycles. The predicted molar refractivity (Wildman–Crippen MR) is 66.8 cm³/mol. The van der Waals surface area contributed by atoms with Crippen molar-refractivity contribution in [3.63, 3.8) is 0 Å². The van der Waals surface area contributed by atoms with Crippen molar-refractivity contribution in [3.8, 4) is 0 Å².